The van der Waals surface area contributed by atoms with E-state index < -0.39 is 17.4 Å². The molecule has 0 unspecified atom stereocenters. The lowest BCUT2D eigenvalue weighted by Crippen LogP contribution is -2.48. The molecule has 188 valence electrons. The Morgan fingerprint density at radius 3 is 1.68 bits per heavy atom. The monoisotopic (exact) mass is 500 g/mol. The van der Waals surface area contributed by atoms with E-state index in [1.54, 1.807) is 6.20 Å². The highest BCUT2D eigenvalue weighted by atomic mass is 16.2. The lowest BCUT2D eigenvalue weighted by molar-refractivity contribution is -0.127. The molecular weight excluding hydrogens is 472 g/mol. The van der Waals surface area contributed by atoms with Crippen LogP contribution in [-0.2, 0) is 21.4 Å². The molecular formula is C32H28N4O2. The highest BCUT2D eigenvalue weighted by molar-refractivity contribution is 5.88. The summed E-state index contributed by atoms with van der Waals surface area (Å²) in [7, 11) is 0. The minimum Gasteiger partial charge on any atom is -0.368 e. The molecule has 6 nitrogen and oxygen atoms in total. The Morgan fingerprint density at radius 2 is 1.18 bits per heavy atom. The van der Waals surface area contributed by atoms with Crippen LogP contribution in [0.2, 0.25) is 0 Å². The summed E-state index contributed by atoms with van der Waals surface area (Å²) < 4.78 is 0. The maximum Gasteiger partial charge on any atom is 0.240 e. The number of fused-ring (bicyclic) bond motifs is 1. The molecule has 0 aliphatic carbocycles. The molecule has 0 saturated carbocycles. The van der Waals surface area contributed by atoms with Crippen LogP contribution in [0.3, 0.4) is 0 Å². The first-order chi connectivity index (χ1) is 18.6. The number of nitrogens with two attached hydrogens (primary N) is 1. The first-order valence-corrected chi connectivity index (χ1v) is 12.5. The molecule has 1 aromatic heterocycles. The number of benzene rings is 4. The van der Waals surface area contributed by atoms with Gasteiger partial charge in [-0.15, -0.1) is 0 Å². The molecule has 1 heterocycles. The Balaban J connectivity index is 1.49. The van der Waals surface area contributed by atoms with Crippen molar-refractivity contribution in [2.24, 2.45) is 5.73 Å². The van der Waals surface area contributed by atoms with Crippen molar-refractivity contribution >= 4 is 22.8 Å². The summed E-state index contributed by atoms with van der Waals surface area (Å²) in [5.74, 6) is -0.919. The molecule has 0 spiro atoms. The number of hydrogen-bond acceptors (Lipinski definition) is 4. The summed E-state index contributed by atoms with van der Waals surface area (Å²) in [6.07, 6.45) is 1.85. The number of carbonyl (C=O) groups excluding carboxylic acids is 2. The molecule has 0 aliphatic heterocycles. The quantitative estimate of drug-likeness (QED) is 0.290. The van der Waals surface area contributed by atoms with Crippen LogP contribution in [0.15, 0.2) is 121 Å². The van der Waals surface area contributed by atoms with Gasteiger partial charge in [0.15, 0.2) is 0 Å². The fourth-order valence-corrected chi connectivity index (χ4v) is 4.99. The second kappa shape index (κ2) is 11.0. The van der Waals surface area contributed by atoms with Crippen LogP contribution in [0.4, 0.5) is 0 Å². The SMILES string of the molecule is NC(=O)[C@@H](Cc1cnc2ccccc2n1)NC(=O)CC(c1ccccc1)(c1ccccc1)c1ccccc1. The first-order valence-electron chi connectivity index (χ1n) is 12.5. The lowest BCUT2D eigenvalue weighted by Gasteiger charge is -2.36. The number of carbonyl (C=O) groups is 2. The summed E-state index contributed by atoms with van der Waals surface area (Å²) in [6.45, 7) is 0. The van der Waals surface area contributed by atoms with Gasteiger partial charge in [-0.3, -0.25) is 14.6 Å². The fraction of sp³-hybridized carbons (Fsp3) is 0.125. The van der Waals surface area contributed by atoms with Crippen LogP contribution in [0.1, 0.15) is 28.8 Å². The molecule has 2 amide bonds. The maximum atomic E-state index is 13.7. The number of nitrogens with zero attached hydrogens (tertiary/aromatic N) is 2. The summed E-state index contributed by atoms with van der Waals surface area (Å²) in [6, 6.07) is 36.4. The zero-order valence-electron chi connectivity index (χ0n) is 20.8. The topological polar surface area (TPSA) is 98.0 Å². The molecule has 0 aliphatic rings. The van der Waals surface area contributed by atoms with Crippen molar-refractivity contribution in [3.63, 3.8) is 0 Å². The van der Waals surface area contributed by atoms with Gasteiger partial charge in [-0.05, 0) is 28.8 Å². The van der Waals surface area contributed by atoms with E-state index in [0.29, 0.717) is 5.69 Å². The fourth-order valence-electron chi connectivity index (χ4n) is 4.99. The second-order valence-electron chi connectivity index (χ2n) is 9.26. The zero-order valence-corrected chi connectivity index (χ0v) is 20.8. The van der Waals surface area contributed by atoms with Gasteiger partial charge in [-0.2, -0.15) is 0 Å². The molecule has 6 heteroatoms. The van der Waals surface area contributed by atoms with E-state index >= 15 is 0 Å². The molecule has 5 rings (SSSR count). The number of hydrogen-bond donors (Lipinski definition) is 2. The van der Waals surface area contributed by atoms with Gasteiger partial charge < -0.3 is 11.1 Å². The Kier molecular flexibility index (Phi) is 7.22. The average Bonchev–Trinajstić information content (AvgIpc) is 2.97. The molecule has 0 fully saturated rings. The number of rotatable bonds is 9. The van der Waals surface area contributed by atoms with Gasteiger partial charge in [-0.1, -0.05) is 103 Å². The number of para-hydroxylation sites is 2. The van der Waals surface area contributed by atoms with Crippen molar-refractivity contribution in [1.29, 1.82) is 0 Å². The molecule has 4 aromatic carbocycles. The number of primary amides is 1. The Morgan fingerprint density at radius 1 is 0.711 bits per heavy atom. The van der Waals surface area contributed by atoms with Gasteiger partial charge >= 0.3 is 0 Å². The molecule has 0 radical (unpaired) electrons. The van der Waals surface area contributed by atoms with Gasteiger partial charge in [0.25, 0.3) is 0 Å². The third-order valence-corrected chi connectivity index (χ3v) is 6.82. The van der Waals surface area contributed by atoms with Crippen molar-refractivity contribution in [2.45, 2.75) is 24.3 Å². The van der Waals surface area contributed by atoms with E-state index in [4.69, 9.17) is 5.73 Å². The molecule has 38 heavy (non-hydrogen) atoms. The Bertz CT molecular complexity index is 1440. The maximum absolute atomic E-state index is 13.7. The summed E-state index contributed by atoms with van der Waals surface area (Å²) in [5, 5.41) is 2.90. The minimum absolute atomic E-state index is 0.0816. The normalized spacial score (nSPS) is 12.1. The van der Waals surface area contributed by atoms with Gasteiger partial charge in [-0.25, -0.2) is 4.98 Å². The standard InChI is InChI=1S/C32H28N4O2/c33-31(38)29(20-26-22-34-27-18-10-11-19-28(27)35-26)36-30(37)21-32(23-12-4-1-5-13-23,24-14-6-2-7-15-24)25-16-8-3-9-17-25/h1-19,22,29H,20-21H2,(H2,33,38)(H,36,37)/t29-/m1/s1. The molecule has 1 atom stereocenters. The van der Waals surface area contributed by atoms with Crippen LogP contribution in [0.5, 0.6) is 0 Å². The van der Waals surface area contributed by atoms with Gasteiger partial charge in [0.2, 0.25) is 11.8 Å². The molecule has 5 aromatic rings. The third-order valence-electron chi connectivity index (χ3n) is 6.82. The van der Waals surface area contributed by atoms with Crippen molar-refractivity contribution in [1.82, 2.24) is 15.3 Å². The smallest absolute Gasteiger partial charge is 0.240 e. The van der Waals surface area contributed by atoms with E-state index in [9.17, 15) is 9.59 Å². The van der Waals surface area contributed by atoms with Crippen molar-refractivity contribution in [2.75, 3.05) is 0 Å². The van der Waals surface area contributed by atoms with E-state index in [0.717, 1.165) is 27.7 Å². The van der Waals surface area contributed by atoms with Crippen LogP contribution >= 0.6 is 0 Å². The summed E-state index contributed by atoms with van der Waals surface area (Å²) >= 11 is 0. The molecule has 0 bridgehead atoms. The molecule has 3 N–H and O–H groups in total. The molecule has 0 saturated heterocycles. The van der Waals surface area contributed by atoms with Crippen molar-refractivity contribution in [3.8, 4) is 0 Å². The zero-order chi connectivity index (χ0) is 26.4. The third kappa shape index (κ3) is 5.15. The summed E-state index contributed by atoms with van der Waals surface area (Å²) in [4.78, 5) is 35.2. The van der Waals surface area contributed by atoms with Gasteiger partial charge in [0, 0.05) is 19.0 Å². The predicted octanol–water partition coefficient (Wildman–Crippen LogP) is 4.57. The number of nitrogens with one attached hydrogen (secondary N) is 1. The second-order valence-corrected chi connectivity index (χ2v) is 9.26. The largest absolute Gasteiger partial charge is 0.368 e. The Hall–Kier alpha value is -4.84. The van der Waals surface area contributed by atoms with Crippen LogP contribution in [-0.4, -0.2) is 27.8 Å². The van der Waals surface area contributed by atoms with E-state index in [1.807, 2.05) is 115 Å². The number of amides is 2. The van der Waals surface area contributed by atoms with Crippen LogP contribution in [0.25, 0.3) is 11.0 Å². The van der Waals surface area contributed by atoms with Gasteiger partial charge in [0.1, 0.15) is 6.04 Å². The average molecular weight is 501 g/mol. The number of aromatic nitrogens is 2. The summed E-state index contributed by atoms with van der Waals surface area (Å²) in [5.41, 5.74) is 9.94. The van der Waals surface area contributed by atoms with E-state index in [2.05, 4.69) is 15.3 Å². The van der Waals surface area contributed by atoms with Crippen LogP contribution < -0.4 is 11.1 Å². The van der Waals surface area contributed by atoms with Crippen molar-refractivity contribution < 1.29 is 9.59 Å². The highest BCUT2D eigenvalue weighted by Gasteiger charge is 2.39. The minimum atomic E-state index is -0.932. The van der Waals surface area contributed by atoms with E-state index in [1.165, 1.54) is 0 Å². The van der Waals surface area contributed by atoms with Crippen molar-refractivity contribution in [3.05, 3.63) is 144 Å². The van der Waals surface area contributed by atoms with Gasteiger partial charge in [0.05, 0.1) is 22.1 Å². The first kappa shape index (κ1) is 24.8. The predicted molar refractivity (Wildman–Crippen MR) is 148 cm³/mol. The van der Waals surface area contributed by atoms with Crippen LogP contribution in [0, 0.1) is 0 Å². The Labute approximate surface area is 221 Å². The van der Waals surface area contributed by atoms with E-state index in [-0.39, 0.29) is 18.7 Å². The highest BCUT2D eigenvalue weighted by Crippen LogP contribution is 2.42. The lowest BCUT2D eigenvalue weighted by atomic mass is 9.67.